The maximum absolute atomic E-state index is 11.4. The van der Waals surface area contributed by atoms with Crippen molar-refractivity contribution in [3.63, 3.8) is 0 Å². The summed E-state index contributed by atoms with van der Waals surface area (Å²) in [5, 5.41) is 0.667. The third kappa shape index (κ3) is 3.48. The van der Waals surface area contributed by atoms with E-state index in [9.17, 15) is 4.79 Å². The van der Waals surface area contributed by atoms with E-state index in [1.54, 1.807) is 24.3 Å². The minimum absolute atomic E-state index is 0.265. The fourth-order valence-corrected chi connectivity index (χ4v) is 1.93. The number of aromatic nitrogens is 1. The van der Waals surface area contributed by atoms with Gasteiger partial charge in [-0.3, -0.25) is 0 Å². The molecule has 4 nitrogen and oxygen atoms in total. The number of methoxy groups -OCH3 is 1. The molecule has 0 N–H and O–H groups in total. The normalized spacial score (nSPS) is 10.2. The molecule has 0 atom stereocenters. The predicted octanol–water partition coefficient (Wildman–Crippen LogP) is 3.41. The molecular formula is C15H14ClNO3. The van der Waals surface area contributed by atoms with E-state index in [1.165, 1.54) is 7.11 Å². The summed E-state index contributed by atoms with van der Waals surface area (Å²) in [6, 6.07) is 10.5. The zero-order valence-corrected chi connectivity index (χ0v) is 12.0. The number of hydrogen-bond donors (Lipinski definition) is 0. The van der Waals surface area contributed by atoms with E-state index in [0.29, 0.717) is 10.7 Å². The number of nitrogens with zero attached hydrogens (tertiary/aromatic N) is 1. The lowest BCUT2D eigenvalue weighted by molar-refractivity contribution is 0.0593. The lowest BCUT2D eigenvalue weighted by Crippen LogP contribution is -2.07. The Balaban J connectivity index is 2.09. The first-order valence-corrected chi connectivity index (χ1v) is 6.41. The van der Waals surface area contributed by atoms with Crippen LogP contribution in [0.3, 0.4) is 0 Å². The topological polar surface area (TPSA) is 48.4 Å². The molecule has 0 radical (unpaired) electrons. The summed E-state index contributed by atoms with van der Waals surface area (Å²) in [6.07, 6.45) is 0. The molecule has 0 aliphatic carbocycles. The number of benzene rings is 1. The fraction of sp³-hybridized carbons (Fsp3) is 0.200. The van der Waals surface area contributed by atoms with Gasteiger partial charge in [0.25, 0.3) is 0 Å². The highest BCUT2D eigenvalue weighted by molar-refractivity contribution is 6.30. The second-order valence-electron chi connectivity index (χ2n) is 4.20. The summed E-state index contributed by atoms with van der Waals surface area (Å²) in [4.78, 5) is 15.6. The van der Waals surface area contributed by atoms with Crippen LogP contribution in [0.1, 0.15) is 21.7 Å². The molecule has 0 saturated carbocycles. The summed E-state index contributed by atoms with van der Waals surface area (Å²) < 4.78 is 10.3. The van der Waals surface area contributed by atoms with Crippen molar-refractivity contribution in [1.29, 1.82) is 0 Å². The van der Waals surface area contributed by atoms with Crippen molar-refractivity contribution in [2.45, 2.75) is 13.5 Å². The smallest absolute Gasteiger partial charge is 0.356 e. The molecule has 0 spiro atoms. The molecule has 5 heteroatoms. The van der Waals surface area contributed by atoms with Gasteiger partial charge >= 0.3 is 5.97 Å². The average molecular weight is 292 g/mol. The summed E-state index contributed by atoms with van der Waals surface area (Å²) >= 11 is 5.89. The second kappa shape index (κ2) is 6.39. The van der Waals surface area contributed by atoms with E-state index in [-0.39, 0.29) is 12.3 Å². The second-order valence-corrected chi connectivity index (χ2v) is 4.64. The number of ether oxygens (including phenoxy) is 2. The molecule has 20 heavy (non-hydrogen) atoms. The monoisotopic (exact) mass is 291 g/mol. The minimum atomic E-state index is -0.463. The number of pyridine rings is 1. The Morgan fingerprint density at radius 1 is 1.30 bits per heavy atom. The Labute approximate surface area is 122 Å². The van der Waals surface area contributed by atoms with Gasteiger partial charge in [-0.2, -0.15) is 0 Å². The van der Waals surface area contributed by atoms with Gasteiger partial charge in [0, 0.05) is 5.02 Å². The highest BCUT2D eigenvalue weighted by atomic mass is 35.5. The van der Waals surface area contributed by atoms with E-state index >= 15 is 0 Å². The van der Waals surface area contributed by atoms with Crippen molar-refractivity contribution in [3.8, 4) is 5.75 Å². The van der Waals surface area contributed by atoms with E-state index in [4.69, 9.17) is 16.3 Å². The zero-order valence-electron chi connectivity index (χ0n) is 11.2. The standard InChI is InChI=1S/C15H14ClNO3/c1-10-8-11(16)6-7-14(10)20-9-12-4-3-5-13(17-12)15(18)19-2/h3-8H,9H2,1-2H3. The SMILES string of the molecule is COC(=O)c1cccc(COc2ccc(Cl)cc2C)n1. The van der Waals surface area contributed by atoms with Gasteiger partial charge in [0.05, 0.1) is 12.8 Å². The van der Waals surface area contributed by atoms with Crippen LogP contribution in [-0.2, 0) is 11.3 Å². The highest BCUT2D eigenvalue weighted by Crippen LogP contribution is 2.22. The first kappa shape index (κ1) is 14.3. The Kier molecular flexibility index (Phi) is 4.58. The van der Waals surface area contributed by atoms with Crippen LogP contribution >= 0.6 is 11.6 Å². The van der Waals surface area contributed by atoms with E-state index in [1.807, 2.05) is 19.1 Å². The number of carbonyl (C=O) groups is 1. The van der Waals surface area contributed by atoms with Crippen LogP contribution in [-0.4, -0.2) is 18.1 Å². The third-order valence-corrected chi connectivity index (χ3v) is 2.95. The van der Waals surface area contributed by atoms with Crippen LogP contribution in [0, 0.1) is 6.92 Å². The van der Waals surface area contributed by atoms with Crippen molar-refractivity contribution in [3.05, 3.63) is 58.4 Å². The van der Waals surface area contributed by atoms with Crippen molar-refractivity contribution in [1.82, 2.24) is 4.98 Å². The average Bonchev–Trinajstić information content (AvgIpc) is 2.46. The number of esters is 1. The van der Waals surface area contributed by atoms with Crippen LogP contribution < -0.4 is 4.74 Å². The Hall–Kier alpha value is -2.07. The van der Waals surface area contributed by atoms with Gasteiger partial charge in [-0.15, -0.1) is 0 Å². The lowest BCUT2D eigenvalue weighted by Gasteiger charge is -2.09. The summed E-state index contributed by atoms with van der Waals surface area (Å²) in [6.45, 7) is 2.19. The highest BCUT2D eigenvalue weighted by Gasteiger charge is 2.08. The third-order valence-electron chi connectivity index (χ3n) is 2.71. The lowest BCUT2D eigenvalue weighted by atomic mass is 10.2. The number of hydrogen-bond acceptors (Lipinski definition) is 4. The summed E-state index contributed by atoms with van der Waals surface area (Å²) in [7, 11) is 1.32. The van der Waals surface area contributed by atoms with Crippen LogP contribution in [0.5, 0.6) is 5.75 Å². The molecule has 2 aromatic rings. The van der Waals surface area contributed by atoms with E-state index in [2.05, 4.69) is 9.72 Å². The van der Waals surface area contributed by atoms with Crippen molar-refractivity contribution in [2.24, 2.45) is 0 Å². The number of carbonyl (C=O) groups excluding carboxylic acids is 1. The van der Waals surface area contributed by atoms with Gasteiger partial charge in [0.15, 0.2) is 0 Å². The molecule has 0 bridgehead atoms. The zero-order chi connectivity index (χ0) is 14.5. The summed E-state index contributed by atoms with van der Waals surface area (Å²) in [5.41, 5.74) is 1.87. The first-order valence-electron chi connectivity index (χ1n) is 6.03. The van der Waals surface area contributed by atoms with Gasteiger partial charge in [0.2, 0.25) is 0 Å². The molecule has 104 valence electrons. The quantitative estimate of drug-likeness (QED) is 0.810. The number of halogens is 1. The molecule has 0 aliphatic heterocycles. The van der Waals surface area contributed by atoms with E-state index in [0.717, 1.165) is 11.3 Å². The van der Waals surface area contributed by atoms with Gasteiger partial charge in [-0.25, -0.2) is 9.78 Å². The van der Waals surface area contributed by atoms with Gasteiger partial charge in [0.1, 0.15) is 18.1 Å². The molecule has 1 heterocycles. The molecule has 0 fully saturated rings. The maximum atomic E-state index is 11.4. The summed E-state index contributed by atoms with van der Waals surface area (Å²) in [5.74, 6) is 0.272. The van der Waals surface area contributed by atoms with Crippen LogP contribution in [0.15, 0.2) is 36.4 Å². The fourth-order valence-electron chi connectivity index (χ4n) is 1.70. The van der Waals surface area contributed by atoms with Crippen LogP contribution in [0.4, 0.5) is 0 Å². The molecule has 2 rings (SSSR count). The van der Waals surface area contributed by atoms with Crippen molar-refractivity contribution < 1.29 is 14.3 Å². The van der Waals surface area contributed by atoms with Gasteiger partial charge in [-0.1, -0.05) is 17.7 Å². The Morgan fingerprint density at radius 3 is 2.80 bits per heavy atom. The molecule has 1 aromatic carbocycles. The number of rotatable bonds is 4. The number of aryl methyl sites for hydroxylation is 1. The first-order chi connectivity index (χ1) is 9.60. The largest absolute Gasteiger partial charge is 0.487 e. The van der Waals surface area contributed by atoms with Crippen LogP contribution in [0.25, 0.3) is 0 Å². The van der Waals surface area contributed by atoms with Crippen molar-refractivity contribution in [2.75, 3.05) is 7.11 Å². The van der Waals surface area contributed by atoms with Crippen molar-refractivity contribution >= 4 is 17.6 Å². The Bertz CT molecular complexity index is 628. The molecule has 0 aliphatic rings. The molecule has 1 aromatic heterocycles. The predicted molar refractivity (Wildman–Crippen MR) is 76.1 cm³/mol. The van der Waals surface area contributed by atoms with Crippen LogP contribution in [0.2, 0.25) is 5.02 Å². The van der Waals surface area contributed by atoms with Gasteiger partial charge < -0.3 is 9.47 Å². The molecule has 0 saturated heterocycles. The Morgan fingerprint density at radius 2 is 2.10 bits per heavy atom. The molecule has 0 amide bonds. The molecule has 0 unspecified atom stereocenters. The maximum Gasteiger partial charge on any atom is 0.356 e. The van der Waals surface area contributed by atoms with Gasteiger partial charge in [-0.05, 0) is 42.8 Å². The minimum Gasteiger partial charge on any atom is -0.487 e. The van der Waals surface area contributed by atoms with E-state index < -0.39 is 5.97 Å². The molecular weight excluding hydrogens is 278 g/mol.